The molecule has 2 atom stereocenters. The Morgan fingerprint density at radius 3 is 2.58 bits per heavy atom. The van der Waals surface area contributed by atoms with Crippen molar-refractivity contribution in [3.05, 3.63) is 102 Å². The van der Waals surface area contributed by atoms with Gasteiger partial charge in [-0.05, 0) is 41.8 Å². The van der Waals surface area contributed by atoms with E-state index < -0.39 is 0 Å². The normalized spacial score (nSPS) is 17.5. The second-order valence-electron chi connectivity index (χ2n) is 7.31. The summed E-state index contributed by atoms with van der Waals surface area (Å²) in [6.45, 7) is 0. The first kappa shape index (κ1) is 18.9. The first-order chi connectivity index (χ1) is 15.2. The topological polar surface area (TPSA) is 84.7 Å². The molecule has 8 heteroatoms. The fraction of sp³-hybridized carbons (Fsp3) is 0.130. The average molecular weight is 414 g/mol. The molecule has 0 fully saturated rings. The van der Waals surface area contributed by atoms with Gasteiger partial charge in [0.05, 0.1) is 17.6 Å². The largest absolute Gasteiger partial charge is 0.347 e. The average Bonchev–Trinajstić information content (AvgIpc) is 3.22. The summed E-state index contributed by atoms with van der Waals surface area (Å²) in [5.41, 5.74) is 2.45. The molecule has 0 bridgehead atoms. The van der Waals surface area contributed by atoms with Gasteiger partial charge in [-0.2, -0.15) is 4.98 Å². The van der Waals surface area contributed by atoms with Crippen LogP contribution in [-0.4, -0.2) is 25.7 Å². The van der Waals surface area contributed by atoms with E-state index in [0.29, 0.717) is 17.9 Å². The molecule has 1 aliphatic heterocycles. The molecular formula is C23H19FN6O. The molecule has 2 N–H and O–H groups in total. The number of carbonyl (C=O) groups is 1. The maximum atomic E-state index is 13.5. The summed E-state index contributed by atoms with van der Waals surface area (Å²) < 4.78 is 15.2. The van der Waals surface area contributed by atoms with Crippen molar-refractivity contribution in [2.24, 2.45) is 0 Å². The lowest BCUT2D eigenvalue weighted by atomic mass is 9.93. The Labute approximate surface area is 178 Å². The Morgan fingerprint density at radius 1 is 1.03 bits per heavy atom. The maximum absolute atomic E-state index is 13.5. The van der Waals surface area contributed by atoms with Crippen LogP contribution in [0, 0.1) is 5.82 Å². The van der Waals surface area contributed by atoms with E-state index in [1.807, 2.05) is 18.2 Å². The molecule has 31 heavy (non-hydrogen) atoms. The van der Waals surface area contributed by atoms with Crippen molar-refractivity contribution in [3.8, 4) is 0 Å². The predicted octanol–water partition coefficient (Wildman–Crippen LogP) is 4.21. The SMILES string of the molecule is O=C(Nc1nc2n(n1)C(c1ccc(F)cc1)CC(c1ccccc1)N2)c1cccnc1. The predicted molar refractivity (Wildman–Crippen MR) is 114 cm³/mol. The Morgan fingerprint density at radius 2 is 1.84 bits per heavy atom. The molecule has 5 rings (SSSR count). The summed E-state index contributed by atoms with van der Waals surface area (Å²) in [7, 11) is 0. The number of fused-ring (bicyclic) bond motifs is 1. The van der Waals surface area contributed by atoms with Gasteiger partial charge in [0.2, 0.25) is 5.95 Å². The van der Waals surface area contributed by atoms with E-state index in [1.165, 1.54) is 18.3 Å². The molecule has 154 valence electrons. The van der Waals surface area contributed by atoms with Crippen molar-refractivity contribution in [1.29, 1.82) is 0 Å². The number of pyridine rings is 1. The molecule has 0 saturated heterocycles. The molecule has 0 radical (unpaired) electrons. The van der Waals surface area contributed by atoms with Crippen LogP contribution in [0.25, 0.3) is 0 Å². The van der Waals surface area contributed by atoms with E-state index in [2.05, 4.69) is 37.8 Å². The molecule has 3 heterocycles. The zero-order chi connectivity index (χ0) is 21.2. The summed E-state index contributed by atoms with van der Waals surface area (Å²) in [6.07, 6.45) is 3.78. The molecule has 4 aromatic rings. The number of carbonyl (C=O) groups excluding carboxylic acids is 1. The summed E-state index contributed by atoms with van der Waals surface area (Å²) in [5, 5.41) is 10.7. The Hall–Kier alpha value is -4.07. The van der Waals surface area contributed by atoms with Crippen molar-refractivity contribution < 1.29 is 9.18 Å². The highest BCUT2D eigenvalue weighted by Crippen LogP contribution is 2.38. The number of amides is 1. The second-order valence-corrected chi connectivity index (χ2v) is 7.31. The number of rotatable bonds is 4. The van der Waals surface area contributed by atoms with Crippen molar-refractivity contribution >= 4 is 17.8 Å². The van der Waals surface area contributed by atoms with E-state index in [1.54, 1.807) is 35.1 Å². The van der Waals surface area contributed by atoms with Gasteiger partial charge in [-0.15, -0.1) is 5.10 Å². The minimum absolute atomic E-state index is 0.00479. The molecule has 1 amide bonds. The van der Waals surface area contributed by atoms with Crippen molar-refractivity contribution in [2.75, 3.05) is 10.6 Å². The minimum Gasteiger partial charge on any atom is -0.347 e. The van der Waals surface area contributed by atoms with Gasteiger partial charge in [0.1, 0.15) is 5.82 Å². The first-order valence-electron chi connectivity index (χ1n) is 9.92. The van der Waals surface area contributed by atoms with Crippen LogP contribution < -0.4 is 10.6 Å². The Bertz CT molecular complexity index is 1190. The van der Waals surface area contributed by atoms with Crippen LogP contribution in [0.4, 0.5) is 16.3 Å². The zero-order valence-corrected chi connectivity index (χ0v) is 16.4. The fourth-order valence-corrected chi connectivity index (χ4v) is 3.77. The maximum Gasteiger partial charge on any atom is 0.259 e. The third-order valence-corrected chi connectivity index (χ3v) is 5.29. The highest BCUT2D eigenvalue weighted by atomic mass is 19.1. The number of halogens is 1. The van der Waals surface area contributed by atoms with Gasteiger partial charge in [0, 0.05) is 12.4 Å². The second kappa shape index (κ2) is 7.98. The number of nitrogens with zero attached hydrogens (tertiary/aromatic N) is 4. The van der Waals surface area contributed by atoms with Crippen molar-refractivity contribution in [3.63, 3.8) is 0 Å². The summed E-state index contributed by atoms with van der Waals surface area (Å²) in [6, 6.07) is 19.6. The number of hydrogen-bond acceptors (Lipinski definition) is 5. The quantitative estimate of drug-likeness (QED) is 0.523. The third kappa shape index (κ3) is 3.87. The lowest BCUT2D eigenvalue weighted by Gasteiger charge is -2.31. The van der Waals surface area contributed by atoms with Gasteiger partial charge in [0.15, 0.2) is 0 Å². The summed E-state index contributed by atoms with van der Waals surface area (Å²) in [4.78, 5) is 21.0. The molecule has 0 spiro atoms. The molecular weight excluding hydrogens is 395 g/mol. The van der Waals surface area contributed by atoms with Crippen LogP contribution in [0.5, 0.6) is 0 Å². The van der Waals surface area contributed by atoms with E-state index in [4.69, 9.17) is 0 Å². The molecule has 2 aromatic carbocycles. The number of hydrogen-bond donors (Lipinski definition) is 2. The van der Waals surface area contributed by atoms with E-state index in [0.717, 1.165) is 11.1 Å². The minimum atomic E-state index is -0.339. The standard InChI is InChI=1S/C23H19FN6O/c24-18-10-8-16(9-11-18)20-13-19(15-5-2-1-3-6-15)26-23-28-22(29-30(20)23)27-21(31)17-7-4-12-25-14-17/h1-12,14,19-20H,13H2,(H2,26,27,28,29,31). The third-order valence-electron chi connectivity index (χ3n) is 5.29. The van der Waals surface area contributed by atoms with Gasteiger partial charge in [-0.3, -0.25) is 15.1 Å². The number of anilines is 2. The molecule has 0 aliphatic carbocycles. The van der Waals surface area contributed by atoms with Crippen LogP contribution in [0.2, 0.25) is 0 Å². The van der Waals surface area contributed by atoms with Crippen LogP contribution >= 0.6 is 0 Å². The highest BCUT2D eigenvalue weighted by Gasteiger charge is 2.31. The monoisotopic (exact) mass is 414 g/mol. The lowest BCUT2D eigenvalue weighted by molar-refractivity contribution is 0.102. The molecule has 7 nitrogen and oxygen atoms in total. The molecule has 1 aliphatic rings. The molecule has 2 aromatic heterocycles. The Kier molecular flexibility index (Phi) is 4.87. The molecule has 2 unspecified atom stereocenters. The smallest absolute Gasteiger partial charge is 0.259 e. The zero-order valence-electron chi connectivity index (χ0n) is 16.4. The summed E-state index contributed by atoms with van der Waals surface area (Å²) >= 11 is 0. The molecule has 0 saturated carbocycles. The van der Waals surface area contributed by atoms with Crippen molar-refractivity contribution in [2.45, 2.75) is 18.5 Å². The number of nitrogens with one attached hydrogen (secondary N) is 2. The van der Waals surface area contributed by atoms with Gasteiger partial charge >= 0.3 is 0 Å². The van der Waals surface area contributed by atoms with Crippen LogP contribution in [-0.2, 0) is 0 Å². The highest BCUT2D eigenvalue weighted by molar-refractivity contribution is 6.03. The van der Waals surface area contributed by atoms with Crippen LogP contribution in [0.15, 0.2) is 79.1 Å². The van der Waals surface area contributed by atoms with Gasteiger partial charge in [-0.25, -0.2) is 9.07 Å². The van der Waals surface area contributed by atoms with E-state index >= 15 is 0 Å². The number of aromatic nitrogens is 4. The van der Waals surface area contributed by atoms with Gasteiger partial charge < -0.3 is 5.32 Å². The lowest BCUT2D eigenvalue weighted by Crippen LogP contribution is -2.28. The van der Waals surface area contributed by atoms with Gasteiger partial charge in [0.25, 0.3) is 11.9 Å². The number of benzene rings is 2. The van der Waals surface area contributed by atoms with E-state index in [-0.39, 0.29) is 29.8 Å². The fourth-order valence-electron chi connectivity index (χ4n) is 3.77. The van der Waals surface area contributed by atoms with E-state index in [9.17, 15) is 9.18 Å². The van der Waals surface area contributed by atoms with Gasteiger partial charge in [-0.1, -0.05) is 42.5 Å². The van der Waals surface area contributed by atoms with Crippen molar-refractivity contribution in [1.82, 2.24) is 19.7 Å². The Balaban J connectivity index is 1.49. The van der Waals surface area contributed by atoms with Crippen LogP contribution in [0.1, 0.15) is 40.0 Å². The summed E-state index contributed by atoms with van der Waals surface area (Å²) in [5.74, 6) is 0.0996. The van der Waals surface area contributed by atoms with Crippen LogP contribution in [0.3, 0.4) is 0 Å². The first-order valence-corrected chi connectivity index (χ1v) is 9.92.